The minimum atomic E-state index is -0.157. The van der Waals surface area contributed by atoms with Gasteiger partial charge in [0, 0.05) is 19.2 Å². The Bertz CT molecular complexity index is 731. The van der Waals surface area contributed by atoms with Crippen molar-refractivity contribution in [3.63, 3.8) is 0 Å². The first kappa shape index (κ1) is 18.6. The molecule has 0 saturated carbocycles. The van der Waals surface area contributed by atoms with Gasteiger partial charge in [-0.05, 0) is 37.6 Å². The minimum Gasteiger partial charge on any atom is -0.497 e. The molecule has 0 bridgehead atoms. The molecule has 0 aliphatic rings. The van der Waals surface area contributed by atoms with E-state index in [1.54, 1.807) is 26.2 Å². The van der Waals surface area contributed by atoms with Crippen LogP contribution in [-0.2, 0) is 6.54 Å². The van der Waals surface area contributed by atoms with Gasteiger partial charge in [-0.3, -0.25) is 0 Å². The number of aryl methyl sites for hydroxylation is 1. The second kappa shape index (κ2) is 8.42. The molecule has 5 heteroatoms. The lowest BCUT2D eigenvalue weighted by Gasteiger charge is -2.23. The average molecular weight is 342 g/mol. The molecule has 1 atom stereocenters. The molecule has 2 aromatic carbocycles. The molecule has 0 aliphatic carbocycles. The number of amides is 2. The van der Waals surface area contributed by atoms with Crippen LogP contribution in [0.1, 0.15) is 29.7 Å². The highest BCUT2D eigenvalue weighted by molar-refractivity contribution is 5.74. The van der Waals surface area contributed by atoms with Crippen molar-refractivity contribution in [2.24, 2.45) is 0 Å². The zero-order valence-corrected chi connectivity index (χ0v) is 15.5. The van der Waals surface area contributed by atoms with Crippen molar-refractivity contribution in [3.05, 3.63) is 59.2 Å². The predicted octanol–water partition coefficient (Wildman–Crippen LogP) is 3.91. The molecule has 0 saturated heterocycles. The maximum atomic E-state index is 12.5. The Balaban J connectivity index is 2.04. The number of carbonyl (C=O) groups is 1. The highest BCUT2D eigenvalue weighted by Gasteiger charge is 2.17. The topological polar surface area (TPSA) is 50.8 Å². The van der Waals surface area contributed by atoms with Crippen LogP contribution in [0.5, 0.6) is 11.5 Å². The molecule has 0 fully saturated rings. The Morgan fingerprint density at radius 1 is 1.16 bits per heavy atom. The summed E-state index contributed by atoms with van der Waals surface area (Å²) in [6, 6.07) is 13.4. The minimum absolute atomic E-state index is 0.140. The number of urea groups is 1. The van der Waals surface area contributed by atoms with Crippen molar-refractivity contribution in [2.45, 2.75) is 26.4 Å². The summed E-state index contributed by atoms with van der Waals surface area (Å²) in [6.07, 6.45) is 0. The summed E-state index contributed by atoms with van der Waals surface area (Å²) < 4.78 is 10.6. The molecule has 2 amide bonds. The fourth-order valence-electron chi connectivity index (χ4n) is 2.68. The summed E-state index contributed by atoms with van der Waals surface area (Å²) in [7, 11) is 5.04. The van der Waals surface area contributed by atoms with Gasteiger partial charge >= 0.3 is 6.03 Å². The molecule has 5 nitrogen and oxygen atoms in total. The van der Waals surface area contributed by atoms with E-state index in [-0.39, 0.29) is 12.1 Å². The molecule has 25 heavy (non-hydrogen) atoms. The maximum Gasteiger partial charge on any atom is 0.317 e. The van der Waals surface area contributed by atoms with Crippen LogP contribution in [0.25, 0.3) is 0 Å². The van der Waals surface area contributed by atoms with Gasteiger partial charge in [-0.2, -0.15) is 0 Å². The second-order valence-corrected chi connectivity index (χ2v) is 6.12. The molecule has 0 spiro atoms. The lowest BCUT2D eigenvalue weighted by atomic mass is 10.0. The molecule has 1 N–H and O–H groups in total. The quantitative estimate of drug-likeness (QED) is 0.866. The number of hydrogen-bond donors (Lipinski definition) is 1. The molecule has 0 heterocycles. The molecular formula is C20H26N2O3. The van der Waals surface area contributed by atoms with E-state index in [9.17, 15) is 4.79 Å². The number of hydrogen-bond acceptors (Lipinski definition) is 3. The normalized spacial score (nSPS) is 11.6. The van der Waals surface area contributed by atoms with Gasteiger partial charge in [0.25, 0.3) is 0 Å². The van der Waals surface area contributed by atoms with Crippen LogP contribution in [-0.4, -0.2) is 32.2 Å². The summed E-state index contributed by atoms with van der Waals surface area (Å²) in [5.74, 6) is 1.55. The Hall–Kier alpha value is -2.69. The summed E-state index contributed by atoms with van der Waals surface area (Å²) in [4.78, 5) is 14.2. The summed E-state index contributed by atoms with van der Waals surface area (Å²) >= 11 is 0. The monoisotopic (exact) mass is 342 g/mol. The van der Waals surface area contributed by atoms with Crippen molar-refractivity contribution >= 4 is 6.03 Å². The summed E-state index contributed by atoms with van der Waals surface area (Å²) in [5, 5.41) is 3.02. The fraction of sp³-hybridized carbons (Fsp3) is 0.350. The highest BCUT2D eigenvalue weighted by Crippen LogP contribution is 2.26. The van der Waals surface area contributed by atoms with E-state index in [1.165, 1.54) is 0 Å². The molecule has 1 unspecified atom stereocenters. The van der Waals surface area contributed by atoms with Gasteiger partial charge in [0.05, 0.1) is 20.3 Å². The van der Waals surface area contributed by atoms with E-state index >= 15 is 0 Å². The van der Waals surface area contributed by atoms with Crippen molar-refractivity contribution in [3.8, 4) is 11.5 Å². The van der Waals surface area contributed by atoms with E-state index in [1.807, 2.05) is 56.3 Å². The third kappa shape index (κ3) is 4.89. The Morgan fingerprint density at radius 3 is 2.60 bits per heavy atom. The third-order valence-electron chi connectivity index (χ3n) is 4.09. The summed E-state index contributed by atoms with van der Waals surface area (Å²) in [6.45, 7) is 4.47. The Morgan fingerprint density at radius 2 is 1.92 bits per heavy atom. The fourth-order valence-corrected chi connectivity index (χ4v) is 2.68. The van der Waals surface area contributed by atoms with Crippen molar-refractivity contribution in [1.29, 1.82) is 0 Å². The van der Waals surface area contributed by atoms with Gasteiger partial charge < -0.3 is 19.7 Å². The standard InChI is InChI=1S/C20H26N2O3/c1-14-9-10-19(25-5)18(11-14)15(2)21-20(23)22(3)13-16-7-6-8-17(12-16)24-4/h6-12,15H,13H2,1-5H3,(H,21,23). The van der Waals surface area contributed by atoms with Crippen LogP contribution < -0.4 is 14.8 Å². The Labute approximate surface area is 149 Å². The van der Waals surface area contributed by atoms with Crippen LogP contribution in [0.3, 0.4) is 0 Å². The number of methoxy groups -OCH3 is 2. The number of nitrogens with one attached hydrogen (secondary N) is 1. The SMILES string of the molecule is COc1cccc(CN(C)C(=O)NC(C)c2cc(C)ccc2OC)c1. The van der Waals surface area contributed by atoms with Gasteiger partial charge in [-0.25, -0.2) is 4.79 Å². The number of rotatable bonds is 6. The van der Waals surface area contributed by atoms with Gasteiger partial charge in [0.2, 0.25) is 0 Å². The second-order valence-electron chi connectivity index (χ2n) is 6.12. The number of ether oxygens (including phenoxy) is 2. The molecule has 0 radical (unpaired) electrons. The third-order valence-corrected chi connectivity index (χ3v) is 4.09. The first-order valence-corrected chi connectivity index (χ1v) is 8.23. The smallest absolute Gasteiger partial charge is 0.317 e. The molecule has 0 aliphatic heterocycles. The van der Waals surface area contributed by atoms with E-state index < -0.39 is 0 Å². The molecule has 2 rings (SSSR count). The van der Waals surface area contributed by atoms with Crippen LogP contribution in [0.4, 0.5) is 4.79 Å². The zero-order valence-electron chi connectivity index (χ0n) is 15.5. The van der Waals surface area contributed by atoms with Crippen LogP contribution in [0.2, 0.25) is 0 Å². The molecule has 2 aromatic rings. The Kier molecular flexibility index (Phi) is 6.28. The summed E-state index contributed by atoms with van der Waals surface area (Å²) in [5.41, 5.74) is 3.10. The van der Waals surface area contributed by atoms with Crippen molar-refractivity contribution in [1.82, 2.24) is 10.2 Å². The van der Waals surface area contributed by atoms with Gasteiger partial charge in [0.1, 0.15) is 11.5 Å². The van der Waals surface area contributed by atoms with Gasteiger partial charge in [0.15, 0.2) is 0 Å². The predicted molar refractivity (Wildman–Crippen MR) is 99.1 cm³/mol. The van der Waals surface area contributed by atoms with E-state index in [0.29, 0.717) is 6.54 Å². The highest BCUT2D eigenvalue weighted by atomic mass is 16.5. The van der Waals surface area contributed by atoms with Crippen molar-refractivity contribution < 1.29 is 14.3 Å². The molecular weight excluding hydrogens is 316 g/mol. The zero-order chi connectivity index (χ0) is 18.4. The maximum absolute atomic E-state index is 12.5. The number of nitrogens with zero attached hydrogens (tertiary/aromatic N) is 1. The number of carbonyl (C=O) groups excluding carboxylic acids is 1. The largest absolute Gasteiger partial charge is 0.497 e. The first-order valence-electron chi connectivity index (χ1n) is 8.23. The lowest BCUT2D eigenvalue weighted by Crippen LogP contribution is -2.38. The van der Waals surface area contributed by atoms with E-state index in [4.69, 9.17) is 9.47 Å². The van der Waals surface area contributed by atoms with Crippen LogP contribution >= 0.6 is 0 Å². The molecule has 0 aromatic heterocycles. The van der Waals surface area contributed by atoms with Crippen LogP contribution in [0, 0.1) is 6.92 Å². The van der Waals surface area contributed by atoms with Crippen LogP contribution in [0.15, 0.2) is 42.5 Å². The first-order chi connectivity index (χ1) is 11.9. The van der Waals surface area contributed by atoms with Crippen molar-refractivity contribution in [2.75, 3.05) is 21.3 Å². The average Bonchev–Trinajstić information content (AvgIpc) is 2.61. The van der Waals surface area contributed by atoms with Gasteiger partial charge in [-0.15, -0.1) is 0 Å². The van der Waals surface area contributed by atoms with Gasteiger partial charge in [-0.1, -0.05) is 29.8 Å². The number of benzene rings is 2. The van der Waals surface area contributed by atoms with E-state index in [2.05, 4.69) is 5.32 Å². The lowest BCUT2D eigenvalue weighted by molar-refractivity contribution is 0.203. The molecule has 134 valence electrons. The van der Waals surface area contributed by atoms with E-state index in [0.717, 1.165) is 28.2 Å².